The van der Waals surface area contributed by atoms with Crippen molar-refractivity contribution in [3.8, 4) is 22.5 Å². The number of anilines is 1. The van der Waals surface area contributed by atoms with Crippen molar-refractivity contribution in [3.63, 3.8) is 0 Å². The molecule has 5 nitrogen and oxygen atoms in total. The average molecular weight is 511 g/mol. The van der Waals surface area contributed by atoms with Crippen molar-refractivity contribution in [3.05, 3.63) is 100 Å². The topological polar surface area (TPSA) is 75.1 Å². The molecule has 37 heavy (non-hydrogen) atoms. The molecule has 2 N–H and O–H groups in total. The predicted octanol–water partition coefficient (Wildman–Crippen LogP) is 5.28. The van der Waals surface area contributed by atoms with Gasteiger partial charge in [0.2, 0.25) is 11.7 Å². The number of aliphatic hydroxyl groups excluding tert-OH is 1. The first kappa shape index (κ1) is 24.5. The summed E-state index contributed by atoms with van der Waals surface area (Å²) in [4.78, 5) is 22.1. The van der Waals surface area contributed by atoms with Crippen molar-refractivity contribution in [2.75, 3.05) is 5.32 Å². The van der Waals surface area contributed by atoms with Crippen LogP contribution >= 0.6 is 0 Å². The van der Waals surface area contributed by atoms with Gasteiger partial charge in [-0.25, -0.2) is 31.9 Å². The molecule has 1 aliphatic rings. The lowest BCUT2D eigenvalue weighted by atomic mass is 9.90. The van der Waals surface area contributed by atoms with Crippen LogP contribution in [0.2, 0.25) is 0 Å². The fraction of sp³-hybridized carbons (Fsp3) is 0.148. The Hall–Kier alpha value is -4.18. The molecule has 0 unspecified atom stereocenters. The normalized spacial score (nSPS) is 12.2. The minimum absolute atomic E-state index is 0.00532. The van der Waals surface area contributed by atoms with Gasteiger partial charge in [0, 0.05) is 16.7 Å². The lowest BCUT2D eigenvalue weighted by Crippen LogP contribution is -2.21. The van der Waals surface area contributed by atoms with Crippen LogP contribution in [0.5, 0.6) is 0 Å². The van der Waals surface area contributed by atoms with Gasteiger partial charge < -0.3 is 10.4 Å². The van der Waals surface area contributed by atoms with Gasteiger partial charge in [-0.1, -0.05) is 48.5 Å². The summed E-state index contributed by atoms with van der Waals surface area (Å²) in [5, 5.41) is 11.9. The van der Waals surface area contributed by atoms with Crippen LogP contribution in [0.3, 0.4) is 0 Å². The molecular weight excluding hydrogens is 493 g/mol. The van der Waals surface area contributed by atoms with E-state index in [1.54, 1.807) is 36.4 Å². The summed E-state index contributed by atoms with van der Waals surface area (Å²) in [6, 6.07) is 14.2. The number of nitrogens with one attached hydrogen (secondary N) is 1. The molecule has 0 saturated heterocycles. The highest BCUT2D eigenvalue weighted by molar-refractivity contribution is 5.95. The van der Waals surface area contributed by atoms with Crippen molar-refractivity contribution in [2.45, 2.75) is 25.9 Å². The lowest BCUT2D eigenvalue weighted by molar-refractivity contribution is -0.115. The fourth-order valence-corrected chi connectivity index (χ4v) is 4.32. The molecule has 1 aliphatic carbocycles. The summed E-state index contributed by atoms with van der Waals surface area (Å²) < 4.78 is 68.8. The summed E-state index contributed by atoms with van der Waals surface area (Å²) >= 11 is 0. The fourth-order valence-electron chi connectivity index (χ4n) is 4.32. The zero-order valence-corrected chi connectivity index (χ0v) is 19.1. The number of hydrogen-bond acceptors (Lipinski definition) is 4. The molecule has 1 heterocycles. The van der Waals surface area contributed by atoms with Crippen LogP contribution in [0.4, 0.5) is 27.8 Å². The smallest absolute Gasteiger partial charge is 0.230 e. The first-order valence-electron chi connectivity index (χ1n) is 11.3. The maximum absolute atomic E-state index is 14.1. The van der Waals surface area contributed by atoms with Crippen LogP contribution in [0.1, 0.15) is 22.4 Å². The maximum Gasteiger partial charge on any atom is 0.230 e. The first-order chi connectivity index (χ1) is 17.8. The van der Waals surface area contributed by atoms with Crippen LogP contribution in [-0.4, -0.2) is 21.0 Å². The summed E-state index contributed by atoms with van der Waals surface area (Å²) in [6.45, 7) is -0.102. The monoisotopic (exact) mass is 511 g/mol. The number of nitrogens with zero attached hydrogens (tertiary/aromatic N) is 2. The average Bonchev–Trinajstić information content (AvgIpc) is 2.92. The van der Waals surface area contributed by atoms with Crippen LogP contribution in [-0.2, 0) is 30.7 Å². The molecule has 0 atom stereocenters. The van der Waals surface area contributed by atoms with Crippen LogP contribution in [0, 0.1) is 29.1 Å². The molecule has 3 aromatic carbocycles. The number of aryl methyl sites for hydroxylation is 2. The van der Waals surface area contributed by atoms with Crippen LogP contribution in [0.25, 0.3) is 22.5 Å². The number of halogens is 5. The van der Waals surface area contributed by atoms with Crippen molar-refractivity contribution in [1.82, 2.24) is 9.97 Å². The molecule has 0 saturated carbocycles. The Kier molecular flexibility index (Phi) is 6.43. The van der Waals surface area contributed by atoms with E-state index in [-0.39, 0.29) is 18.1 Å². The third kappa shape index (κ3) is 4.44. The molecule has 0 fully saturated rings. The Morgan fingerprint density at radius 1 is 0.838 bits per heavy atom. The standard InChI is InChI=1S/C27H18F5N3O2/c28-20-17(21(29)23(31)24(32)22(20)30)11-19(37)34-27-25(14-4-2-1-3-5-14)35-26-16-8-6-13(12-36)10-15(16)7-9-18(26)33-27/h1-6,8,10,36H,7,9,11-12H2,(H,33,34,37). The third-order valence-electron chi connectivity index (χ3n) is 6.15. The van der Waals surface area contributed by atoms with Crippen LogP contribution in [0.15, 0.2) is 48.5 Å². The Morgan fingerprint density at radius 3 is 2.19 bits per heavy atom. The van der Waals surface area contributed by atoms with E-state index in [0.29, 0.717) is 29.8 Å². The molecule has 0 bridgehead atoms. The van der Waals surface area contributed by atoms with Crippen LogP contribution < -0.4 is 5.32 Å². The highest BCUT2D eigenvalue weighted by Gasteiger charge is 2.28. The second-order valence-electron chi connectivity index (χ2n) is 8.51. The number of fused-ring (bicyclic) bond motifs is 3. The van der Waals surface area contributed by atoms with Gasteiger partial charge in [-0.3, -0.25) is 4.79 Å². The number of carbonyl (C=O) groups excluding carboxylic acids is 1. The zero-order chi connectivity index (χ0) is 26.3. The SMILES string of the molecule is O=C(Cc1c(F)c(F)c(F)c(F)c1F)Nc1nc2c(nc1-c1ccccc1)-c1ccc(CO)cc1CC2. The highest BCUT2D eigenvalue weighted by Crippen LogP contribution is 2.36. The molecule has 10 heteroatoms. The second kappa shape index (κ2) is 9.70. The van der Waals surface area contributed by atoms with Gasteiger partial charge in [-0.05, 0) is 24.0 Å². The summed E-state index contributed by atoms with van der Waals surface area (Å²) in [7, 11) is 0. The number of aliphatic hydroxyl groups is 1. The number of carbonyl (C=O) groups is 1. The number of aromatic nitrogens is 2. The molecule has 0 radical (unpaired) electrons. The Balaban J connectivity index is 1.55. The summed E-state index contributed by atoms with van der Waals surface area (Å²) in [5.41, 5.74) is 3.33. The van der Waals surface area contributed by atoms with E-state index in [2.05, 4.69) is 10.3 Å². The van der Waals surface area contributed by atoms with Gasteiger partial charge in [-0.2, -0.15) is 0 Å². The first-order valence-corrected chi connectivity index (χ1v) is 11.3. The molecule has 0 aliphatic heterocycles. The number of benzene rings is 3. The Morgan fingerprint density at radius 2 is 1.51 bits per heavy atom. The van der Waals surface area contributed by atoms with E-state index in [1.807, 2.05) is 12.1 Å². The lowest BCUT2D eigenvalue weighted by Gasteiger charge is -2.21. The third-order valence-corrected chi connectivity index (χ3v) is 6.15. The summed E-state index contributed by atoms with van der Waals surface area (Å²) in [5.74, 6) is -11.7. The van der Waals surface area contributed by atoms with Gasteiger partial charge in [0.1, 0.15) is 5.69 Å². The Bertz CT molecular complexity index is 1510. The second-order valence-corrected chi connectivity index (χ2v) is 8.51. The van der Waals surface area contributed by atoms with Crippen molar-refractivity contribution < 1.29 is 31.9 Å². The molecule has 1 amide bonds. The van der Waals surface area contributed by atoms with Gasteiger partial charge in [0.15, 0.2) is 29.1 Å². The minimum Gasteiger partial charge on any atom is -0.392 e. The number of rotatable bonds is 5. The molecule has 0 spiro atoms. The van der Waals surface area contributed by atoms with E-state index in [9.17, 15) is 31.9 Å². The predicted molar refractivity (Wildman–Crippen MR) is 125 cm³/mol. The largest absolute Gasteiger partial charge is 0.392 e. The summed E-state index contributed by atoms with van der Waals surface area (Å²) in [6.07, 6.45) is -0.0289. The van der Waals surface area contributed by atoms with Gasteiger partial charge in [0.25, 0.3) is 0 Å². The van der Waals surface area contributed by atoms with E-state index in [4.69, 9.17) is 4.98 Å². The number of amides is 1. The minimum atomic E-state index is -2.29. The zero-order valence-electron chi connectivity index (χ0n) is 19.1. The van der Waals surface area contributed by atoms with Crippen molar-refractivity contribution in [1.29, 1.82) is 0 Å². The molecule has 4 aromatic rings. The van der Waals surface area contributed by atoms with E-state index in [0.717, 1.165) is 16.7 Å². The van der Waals surface area contributed by atoms with Gasteiger partial charge >= 0.3 is 0 Å². The number of hydrogen-bond donors (Lipinski definition) is 2. The quantitative estimate of drug-likeness (QED) is 0.217. The molecule has 5 rings (SSSR count). The maximum atomic E-state index is 14.1. The Labute approximate surface area is 207 Å². The highest BCUT2D eigenvalue weighted by atomic mass is 19.2. The van der Waals surface area contributed by atoms with Gasteiger partial charge in [0.05, 0.1) is 24.4 Å². The molecule has 1 aromatic heterocycles. The van der Waals surface area contributed by atoms with Crippen molar-refractivity contribution >= 4 is 11.7 Å². The molecule has 188 valence electrons. The van der Waals surface area contributed by atoms with E-state index < -0.39 is 47.0 Å². The molecular formula is C27H18F5N3O2. The van der Waals surface area contributed by atoms with E-state index >= 15 is 0 Å². The van der Waals surface area contributed by atoms with E-state index in [1.165, 1.54) is 0 Å². The van der Waals surface area contributed by atoms with Gasteiger partial charge in [-0.15, -0.1) is 0 Å². The van der Waals surface area contributed by atoms with Crippen molar-refractivity contribution in [2.24, 2.45) is 0 Å².